The van der Waals surface area contributed by atoms with E-state index in [0.717, 1.165) is 42.8 Å². The van der Waals surface area contributed by atoms with Crippen molar-refractivity contribution in [2.75, 3.05) is 25.1 Å². The monoisotopic (exact) mass is 244 g/mol. The van der Waals surface area contributed by atoms with Crippen molar-refractivity contribution >= 4 is 16.6 Å². The van der Waals surface area contributed by atoms with E-state index in [2.05, 4.69) is 10.3 Å². The number of pyridine rings is 1. The number of nitrogens with zero attached hydrogens (tertiary/aromatic N) is 1. The summed E-state index contributed by atoms with van der Waals surface area (Å²) in [6, 6.07) is 7.21. The summed E-state index contributed by atoms with van der Waals surface area (Å²) in [4.78, 5) is 4.36. The van der Waals surface area contributed by atoms with Crippen LogP contribution in [0.1, 0.15) is 6.42 Å². The fourth-order valence-electron chi connectivity index (χ4n) is 2.22. The third-order valence-corrected chi connectivity index (χ3v) is 3.28. The van der Waals surface area contributed by atoms with Gasteiger partial charge in [0.15, 0.2) is 0 Å². The molecule has 4 heteroatoms. The standard InChI is InChI=1S/C14H16N2O2/c17-13-1-2-14-11(6-13)5-12(8-16-14)15-7-10-3-4-18-9-10/h1-2,5-6,8,10,15,17H,3-4,7,9H2. The van der Waals surface area contributed by atoms with Crippen molar-refractivity contribution in [3.8, 4) is 5.75 Å². The van der Waals surface area contributed by atoms with E-state index in [1.165, 1.54) is 0 Å². The molecule has 1 fully saturated rings. The first-order valence-corrected chi connectivity index (χ1v) is 6.22. The summed E-state index contributed by atoms with van der Waals surface area (Å²) in [5.41, 5.74) is 1.88. The topological polar surface area (TPSA) is 54.4 Å². The van der Waals surface area contributed by atoms with Crippen molar-refractivity contribution in [2.45, 2.75) is 6.42 Å². The Hall–Kier alpha value is -1.81. The fraction of sp³-hybridized carbons (Fsp3) is 0.357. The number of aromatic hydroxyl groups is 1. The molecule has 2 aromatic rings. The average molecular weight is 244 g/mol. The minimum absolute atomic E-state index is 0.269. The first-order valence-electron chi connectivity index (χ1n) is 6.22. The molecule has 0 saturated carbocycles. The fourth-order valence-corrected chi connectivity index (χ4v) is 2.22. The molecule has 1 aromatic heterocycles. The minimum Gasteiger partial charge on any atom is -0.508 e. The molecule has 1 aromatic carbocycles. The molecule has 2 N–H and O–H groups in total. The first kappa shape index (κ1) is 11.3. The van der Waals surface area contributed by atoms with Crippen LogP contribution in [0.15, 0.2) is 30.5 Å². The van der Waals surface area contributed by atoms with Gasteiger partial charge in [-0.1, -0.05) is 0 Å². The lowest BCUT2D eigenvalue weighted by Gasteiger charge is -2.11. The van der Waals surface area contributed by atoms with E-state index in [0.29, 0.717) is 5.92 Å². The number of benzene rings is 1. The third kappa shape index (κ3) is 2.38. The van der Waals surface area contributed by atoms with Gasteiger partial charge in [0.1, 0.15) is 5.75 Å². The quantitative estimate of drug-likeness (QED) is 0.870. The Bertz CT molecular complexity index is 550. The highest BCUT2D eigenvalue weighted by Crippen LogP contribution is 2.21. The second-order valence-electron chi connectivity index (χ2n) is 4.71. The van der Waals surface area contributed by atoms with Gasteiger partial charge in [0, 0.05) is 24.5 Å². The Morgan fingerprint density at radius 1 is 1.39 bits per heavy atom. The van der Waals surface area contributed by atoms with Gasteiger partial charge in [-0.3, -0.25) is 4.98 Å². The van der Waals surface area contributed by atoms with Crippen LogP contribution in [0.4, 0.5) is 5.69 Å². The smallest absolute Gasteiger partial charge is 0.116 e. The second kappa shape index (κ2) is 4.82. The normalized spacial score (nSPS) is 19.2. The van der Waals surface area contributed by atoms with Crippen molar-refractivity contribution in [3.63, 3.8) is 0 Å². The lowest BCUT2D eigenvalue weighted by Crippen LogP contribution is -2.14. The number of aromatic nitrogens is 1. The van der Waals surface area contributed by atoms with E-state index in [1.54, 1.807) is 12.1 Å². The zero-order chi connectivity index (χ0) is 12.4. The Morgan fingerprint density at radius 2 is 2.33 bits per heavy atom. The van der Waals surface area contributed by atoms with E-state index < -0.39 is 0 Å². The van der Waals surface area contributed by atoms with Gasteiger partial charge in [-0.25, -0.2) is 0 Å². The molecule has 3 rings (SSSR count). The predicted octanol–water partition coefficient (Wildman–Crippen LogP) is 2.39. The SMILES string of the molecule is Oc1ccc2ncc(NCC3CCOC3)cc2c1. The van der Waals surface area contributed by atoms with Crippen LogP contribution in [0.2, 0.25) is 0 Å². The van der Waals surface area contributed by atoms with Crippen molar-refractivity contribution in [3.05, 3.63) is 30.5 Å². The van der Waals surface area contributed by atoms with E-state index in [-0.39, 0.29) is 5.75 Å². The Balaban J connectivity index is 1.75. The zero-order valence-corrected chi connectivity index (χ0v) is 10.1. The van der Waals surface area contributed by atoms with Gasteiger partial charge in [-0.15, -0.1) is 0 Å². The number of phenolic OH excluding ortho intramolecular Hbond substituents is 1. The van der Waals surface area contributed by atoms with Crippen LogP contribution >= 0.6 is 0 Å². The number of hydrogen-bond donors (Lipinski definition) is 2. The number of phenols is 1. The minimum atomic E-state index is 0.269. The van der Waals surface area contributed by atoms with Gasteiger partial charge in [0.25, 0.3) is 0 Å². The summed E-state index contributed by atoms with van der Waals surface area (Å²) in [7, 11) is 0. The van der Waals surface area contributed by atoms with Crippen LogP contribution in [0.5, 0.6) is 5.75 Å². The predicted molar refractivity (Wildman–Crippen MR) is 70.8 cm³/mol. The van der Waals surface area contributed by atoms with Crippen LogP contribution in [0.3, 0.4) is 0 Å². The summed E-state index contributed by atoms with van der Waals surface area (Å²) in [6.45, 7) is 2.62. The Kier molecular flexibility index (Phi) is 3.02. The number of anilines is 1. The van der Waals surface area contributed by atoms with Crippen LogP contribution in [-0.2, 0) is 4.74 Å². The van der Waals surface area contributed by atoms with Gasteiger partial charge in [0.2, 0.25) is 0 Å². The highest BCUT2D eigenvalue weighted by atomic mass is 16.5. The van der Waals surface area contributed by atoms with Gasteiger partial charge < -0.3 is 15.2 Å². The average Bonchev–Trinajstić information content (AvgIpc) is 2.89. The molecule has 1 atom stereocenters. The van der Waals surface area contributed by atoms with E-state index in [9.17, 15) is 5.11 Å². The molecule has 0 bridgehead atoms. The molecule has 0 radical (unpaired) electrons. The summed E-state index contributed by atoms with van der Waals surface area (Å²) < 4.78 is 5.34. The molecular weight excluding hydrogens is 228 g/mol. The lowest BCUT2D eigenvalue weighted by molar-refractivity contribution is 0.187. The van der Waals surface area contributed by atoms with Crippen molar-refractivity contribution in [2.24, 2.45) is 5.92 Å². The molecule has 1 saturated heterocycles. The molecule has 1 aliphatic rings. The van der Waals surface area contributed by atoms with Crippen LogP contribution < -0.4 is 5.32 Å². The van der Waals surface area contributed by atoms with Crippen molar-refractivity contribution < 1.29 is 9.84 Å². The molecule has 18 heavy (non-hydrogen) atoms. The molecule has 1 unspecified atom stereocenters. The Labute approximate surface area is 106 Å². The van der Waals surface area contributed by atoms with Crippen LogP contribution in [-0.4, -0.2) is 29.8 Å². The van der Waals surface area contributed by atoms with E-state index >= 15 is 0 Å². The molecule has 1 aliphatic heterocycles. The molecule has 0 spiro atoms. The van der Waals surface area contributed by atoms with Crippen molar-refractivity contribution in [1.82, 2.24) is 4.98 Å². The molecule has 0 aliphatic carbocycles. The van der Waals surface area contributed by atoms with E-state index in [4.69, 9.17) is 4.74 Å². The van der Waals surface area contributed by atoms with Gasteiger partial charge in [-0.2, -0.15) is 0 Å². The number of rotatable bonds is 3. The number of hydrogen-bond acceptors (Lipinski definition) is 4. The zero-order valence-electron chi connectivity index (χ0n) is 10.1. The molecule has 94 valence electrons. The van der Waals surface area contributed by atoms with Gasteiger partial charge >= 0.3 is 0 Å². The highest BCUT2D eigenvalue weighted by molar-refractivity contribution is 5.82. The third-order valence-electron chi connectivity index (χ3n) is 3.28. The first-order chi connectivity index (χ1) is 8.81. The summed E-state index contributed by atoms with van der Waals surface area (Å²) in [5, 5.41) is 13.8. The highest BCUT2D eigenvalue weighted by Gasteiger charge is 2.14. The summed E-state index contributed by atoms with van der Waals surface area (Å²) in [6.07, 6.45) is 2.95. The summed E-state index contributed by atoms with van der Waals surface area (Å²) in [5.74, 6) is 0.857. The maximum Gasteiger partial charge on any atom is 0.116 e. The number of ether oxygens (including phenoxy) is 1. The van der Waals surface area contributed by atoms with Crippen LogP contribution in [0, 0.1) is 5.92 Å². The maximum absolute atomic E-state index is 9.46. The number of fused-ring (bicyclic) bond motifs is 1. The largest absolute Gasteiger partial charge is 0.508 e. The van der Waals surface area contributed by atoms with Crippen LogP contribution in [0.25, 0.3) is 10.9 Å². The number of nitrogens with one attached hydrogen (secondary N) is 1. The van der Waals surface area contributed by atoms with Gasteiger partial charge in [0.05, 0.1) is 24.0 Å². The second-order valence-corrected chi connectivity index (χ2v) is 4.71. The lowest BCUT2D eigenvalue weighted by atomic mass is 10.1. The van der Waals surface area contributed by atoms with E-state index in [1.807, 2.05) is 18.3 Å². The summed E-state index contributed by atoms with van der Waals surface area (Å²) >= 11 is 0. The van der Waals surface area contributed by atoms with Crippen molar-refractivity contribution in [1.29, 1.82) is 0 Å². The maximum atomic E-state index is 9.46. The molecule has 4 nitrogen and oxygen atoms in total. The van der Waals surface area contributed by atoms with Gasteiger partial charge in [-0.05, 0) is 30.7 Å². The molecular formula is C14H16N2O2. The molecule has 0 amide bonds. The molecule has 2 heterocycles. The Morgan fingerprint density at radius 3 is 3.17 bits per heavy atom.